The average Bonchev–Trinajstić information content (AvgIpc) is 2.80. The van der Waals surface area contributed by atoms with Gasteiger partial charge in [0.1, 0.15) is 4.90 Å². The molecule has 0 aromatic carbocycles. The Balaban J connectivity index is 2.43. The number of halogens is 1. The van der Waals surface area contributed by atoms with Crippen molar-refractivity contribution in [1.82, 2.24) is 10.0 Å². The Morgan fingerprint density at radius 2 is 2.00 bits per heavy atom. The molecule has 0 aliphatic rings. The van der Waals surface area contributed by atoms with Crippen LogP contribution in [-0.2, 0) is 16.6 Å². The van der Waals surface area contributed by atoms with Gasteiger partial charge in [0.05, 0.1) is 3.79 Å². The van der Waals surface area contributed by atoms with Crippen LogP contribution in [0.1, 0.15) is 30.6 Å². The van der Waals surface area contributed by atoms with Crippen molar-refractivity contribution >= 4 is 49.1 Å². The normalized spacial score (nSPS) is 12.0. The molecule has 122 valence electrons. The zero-order valence-corrected chi connectivity index (χ0v) is 16.5. The van der Waals surface area contributed by atoms with Crippen LogP contribution in [0.5, 0.6) is 0 Å². The summed E-state index contributed by atoms with van der Waals surface area (Å²) in [6, 6.07) is 1.73. The highest BCUT2D eigenvalue weighted by atomic mass is 79.9. The van der Waals surface area contributed by atoms with Gasteiger partial charge in [0.2, 0.25) is 10.0 Å². The molecular weight excluding hydrogens is 392 g/mol. The summed E-state index contributed by atoms with van der Waals surface area (Å²) in [5.41, 5.74) is 0. The SMILES string of the molecule is CNCc1cc(S(=O)(=O)NCCCCCCSC)c(Br)s1. The fourth-order valence-corrected chi connectivity index (χ4v) is 6.11. The van der Waals surface area contributed by atoms with Crippen LogP contribution in [0.4, 0.5) is 0 Å². The Labute approximate surface area is 144 Å². The maximum absolute atomic E-state index is 12.2. The maximum atomic E-state index is 12.2. The summed E-state index contributed by atoms with van der Waals surface area (Å²) in [7, 11) is -1.56. The van der Waals surface area contributed by atoms with Gasteiger partial charge in [0, 0.05) is 18.0 Å². The van der Waals surface area contributed by atoms with Crippen LogP contribution in [0.2, 0.25) is 0 Å². The summed E-state index contributed by atoms with van der Waals surface area (Å²) in [5, 5.41) is 3.03. The van der Waals surface area contributed by atoms with Gasteiger partial charge in [-0.15, -0.1) is 11.3 Å². The second-order valence-corrected chi connectivity index (χ2v) is 9.86. The lowest BCUT2D eigenvalue weighted by atomic mass is 10.2. The Morgan fingerprint density at radius 1 is 1.29 bits per heavy atom. The standard InChI is InChI=1S/C13H23BrN2O2S3/c1-15-10-11-9-12(13(14)20-11)21(17,18)16-7-5-3-4-6-8-19-2/h9,15-16H,3-8,10H2,1-2H3. The van der Waals surface area contributed by atoms with Gasteiger partial charge >= 0.3 is 0 Å². The maximum Gasteiger partial charge on any atom is 0.242 e. The van der Waals surface area contributed by atoms with Crippen LogP contribution in [0, 0.1) is 0 Å². The predicted molar refractivity (Wildman–Crippen MR) is 96.8 cm³/mol. The van der Waals surface area contributed by atoms with E-state index in [4.69, 9.17) is 0 Å². The lowest BCUT2D eigenvalue weighted by Gasteiger charge is -2.05. The topological polar surface area (TPSA) is 58.2 Å². The van der Waals surface area contributed by atoms with Crippen molar-refractivity contribution < 1.29 is 8.42 Å². The molecule has 0 saturated heterocycles. The van der Waals surface area contributed by atoms with E-state index in [2.05, 4.69) is 32.2 Å². The fourth-order valence-electron chi connectivity index (χ4n) is 1.85. The summed E-state index contributed by atoms with van der Waals surface area (Å²) in [6.45, 7) is 1.18. The monoisotopic (exact) mass is 414 g/mol. The largest absolute Gasteiger partial charge is 0.315 e. The zero-order chi connectivity index (χ0) is 15.7. The molecule has 1 aromatic rings. The number of unbranched alkanes of at least 4 members (excludes halogenated alkanes) is 3. The third kappa shape index (κ3) is 7.00. The molecule has 8 heteroatoms. The molecule has 0 unspecified atom stereocenters. The van der Waals surface area contributed by atoms with Crippen molar-refractivity contribution in [2.24, 2.45) is 0 Å². The molecule has 0 aliphatic heterocycles. The molecule has 0 aliphatic carbocycles. The number of thioether (sulfide) groups is 1. The first-order valence-corrected chi connectivity index (χ1v) is 11.4. The minimum Gasteiger partial charge on any atom is -0.315 e. The number of sulfonamides is 1. The van der Waals surface area contributed by atoms with Crippen molar-refractivity contribution in [3.8, 4) is 0 Å². The van der Waals surface area contributed by atoms with Crippen LogP contribution in [0.25, 0.3) is 0 Å². The highest BCUT2D eigenvalue weighted by molar-refractivity contribution is 9.11. The first-order chi connectivity index (χ1) is 10.0. The Kier molecular flexibility index (Phi) is 9.47. The molecular formula is C13H23BrN2O2S3. The van der Waals surface area contributed by atoms with Gasteiger partial charge in [-0.25, -0.2) is 13.1 Å². The molecule has 2 N–H and O–H groups in total. The van der Waals surface area contributed by atoms with Crippen molar-refractivity contribution in [1.29, 1.82) is 0 Å². The van der Waals surface area contributed by atoms with Crippen LogP contribution in [-0.4, -0.2) is 34.0 Å². The van der Waals surface area contributed by atoms with E-state index in [0.29, 0.717) is 21.8 Å². The summed E-state index contributed by atoms with van der Waals surface area (Å²) < 4.78 is 27.8. The van der Waals surface area contributed by atoms with Crippen molar-refractivity contribution in [2.75, 3.05) is 25.6 Å². The zero-order valence-electron chi connectivity index (χ0n) is 12.4. The van der Waals surface area contributed by atoms with Gasteiger partial charge in [0.25, 0.3) is 0 Å². The molecule has 1 heterocycles. The minimum absolute atomic E-state index is 0.347. The number of hydrogen-bond donors (Lipinski definition) is 2. The molecule has 1 aromatic heterocycles. The number of hydrogen-bond acceptors (Lipinski definition) is 5. The predicted octanol–water partition coefficient (Wildman–Crippen LogP) is 3.43. The molecule has 0 spiro atoms. The average molecular weight is 415 g/mol. The van der Waals surface area contributed by atoms with Gasteiger partial charge < -0.3 is 5.32 Å². The molecule has 21 heavy (non-hydrogen) atoms. The molecule has 0 amide bonds. The quantitative estimate of drug-likeness (QED) is 0.544. The summed E-state index contributed by atoms with van der Waals surface area (Å²) in [6.07, 6.45) is 6.43. The smallest absolute Gasteiger partial charge is 0.242 e. The molecule has 4 nitrogen and oxygen atoms in total. The van der Waals surface area contributed by atoms with Gasteiger partial charge in [-0.3, -0.25) is 0 Å². The number of rotatable bonds is 11. The van der Waals surface area contributed by atoms with Crippen LogP contribution in [0.3, 0.4) is 0 Å². The lowest BCUT2D eigenvalue weighted by Crippen LogP contribution is -2.24. The van der Waals surface area contributed by atoms with E-state index in [1.807, 2.05) is 18.8 Å². The van der Waals surface area contributed by atoms with E-state index in [9.17, 15) is 8.42 Å². The first-order valence-electron chi connectivity index (χ1n) is 6.92. The van der Waals surface area contributed by atoms with Crippen LogP contribution < -0.4 is 10.0 Å². The van der Waals surface area contributed by atoms with E-state index in [1.54, 1.807) is 6.07 Å². The Bertz CT molecular complexity index is 517. The third-order valence-electron chi connectivity index (χ3n) is 2.91. The second kappa shape index (κ2) is 10.2. The number of nitrogens with one attached hydrogen (secondary N) is 2. The van der Waals surface area contributed by atoms with Crippen molar-refractivity contribution in [3.05, 3.63) is 14.7 Å². The Hall–Kier alpha value is 0.400. The van der Waals surface area contributed by atoms with Gasteiger partial charge in [0.15, 0.2) is 0 Å². The van der Waals surface area contributed by atoms with Crippen molar-refractivity contribution in [2.45, 2.75) is 37.1 Å². The van der Waals surface area contributed by atoms with Crippen LogP contribution in [0.15, 0.2) is 14.7 Å². The molecule has 1 rings (SSSR count). The van der Waals surface area contributed by atoms with E-state index >= 15 is 0 Å². The molecule has 0 radical (unpaired) electrons. The van der Waals surface area contributed by atoms with Crippen LogP contribution >= 0.6 is 39.0 Å². The second-order valence-electron chi connectivity index (χ2n) is 4.69. The van der Waals surface area contributed by atoms with E-state index in [-0.39, 0.29) is 0 Å². The number of thiophene rings is 1. The molecule has 0 fully saturated rings. The van der Waals surface area contributed by atoms with Crippen molar-refractivity contribution in [3.63, 3.8) is 0 Å². The third-order valence-corrected chi connectivity index (χ3v) is 7.32. The molecule has 0 saturated carbocycles. The van der Waals surface area contributed by atoms with Gasteiger partial charge in [-0.05, 0) is 53.9 Å². The fraction of sp³-hybridized carbons (Fsp3) is 0.692. The highest BCUT2D eigenvalue weighted by Gasteiger charge is 2.20. The summed E-state index contributed by atoms with van der Waals surface area (Å²) in [4.78, 5) is 1.35. The highest BCUT2D eigenvalue weighted by Crippen LogP contribution is 2.31. The Morgan fingerprint density at radius 3 is 2.67 bits per heavy atom. The van der Waals surface area contributed by atoms with Gasteiger partial charge in [-0.2, -0.15) is 11.8 Å². The minimum atomic E-state index is -3.40. The van der Waals surface area contributed by atoms with E-state index < -0.39 is 10.0 Å². The van der Waals surface area contributed by atoms with E-state index in [1.165, 1.54) is 23.5 Å². The molecule has 0 bridgehead atoms. The first kappa shape index (κ1) is 19.4. The van der Waals surface area contributed by atoms with Gasteiger partial charge in [-0.1, -0.05) is 12.8 Å². The molecule has 0 atom stereocenters. The lowest BCUT2D eigenvalue weighted by molar-refractivity contribution is 0.573. The van der Waals surface area contributed by atoms with E-state index in [0.717, 1.165) is 24.1 Å². The summed E-state index contributed by atoms with van der Waals surface area (Å²) >= 11 is 6.65. The summed E-state index contributed by atoms with van der Waals surface area (Å²) in [5.74, 6) is 1.18.